The van der Waals surface area contributed by atoms with Gasteiger partial charge in [0.15, 0.2) is 0 Å². The van der Waals surface area contributed by atoms with Crippen LogP contribution in [0.15, 0.2) is 36.4 Å². The standard InChI is InChI=1S/C17H17F2NO/c1-21-14-5-7-15(11(8-14)10-20-13-3-4-13)16-6-2-12(18)9-17(16)19/h2,5-9,13,20H,3-4,10H2,1H3. The third kappa shape index (κ3) is 3.22. The van der Waals surface area contributed by atoms with Crippen LogP contribution < -0.4 is 10.1 Å². The maximum atomic E-state index is 14.0. The molecule has 1 saturated carbocycles. The minimum atomic E-state index is -0.567. The molecule has 0 aliphatic heterocycles. The van der Waals surface area contributed by atoms with Crippen molar-refractivity contribution in [1.82, 2.24) is 5.32 Å². The number of halogens is 2. The second-order valence-corrected chi connectivity index (χ2v) is 5.30. The van der Waals surface area contributed by atoms with Gasteiger partial charge >= 0.3 is 0 Å². The first-order chi connectivity index (χ1) is 10.2. The summed E-state index contributed by atoms with van der Waals surface area (Å²) in [5, 5.41) is 3.41. The Balaban J connectivity index is 1.98. The summed E-state index contributed by atoms with van der Waals surface area (Å²) >= 11 is 0. The van der Waals surface area contributed by atoms with Crippen LogP contribution in [-0.4, -0.2) is 13.2 Å². The second-order valence-electron chi connectivity index (χ2n) is 5.30. The molecule has 1 fully saturated rings. The highest BCUT2D eigenvalue weighted by Gasteiger charge is 2.21. The molecule has 0 aromatic heterocycles. The van der Waals surface area contributed by atoms with Crippen molar-refractivity contribution < 1.29 is 13.5 Å². The Morgan fingerprint density at radius 2 is 1.86 bits per heavy atom. The zero-order valence-electron chi connectivity index (χ0n) is 11.8. The fourth-order valence-electron chi connectivity index (χ4n) is 2.36. The van der Waals surface area contributed by atoms with E-state index in [1.165, 1.54) is 25.0 Å². The van der Waals surface area contributed by atoms with Gasteiger partial charge in [0.1, 0.15) is 17.4 Å². The Morgan fingerprint density at radius 1 is 1.10 bits per heavy atom. The molecular formula is C17H17F2NO. The van der Waals surface area contributed by atoms with Crippen LogP contribution in [-0.2, 0) is 6.54 Å². The minimum absolute atomic E-state index is 0.409. The summed E-state index contributed by atoms with van der Waals surface area (Å²) in [4.78, 5) is 0. The molecule has 0 bridgehead atoms. The Morgan fingerprint density at radius 3 is 2.52 bits per heavy atom. The zero-order chi connectivity index (χ0) is 14.8. The molecule has 0 heterocycles. The average molecular weight is 289 g/mol. The monoisotopic (exact) mass is 289 g/mol. The summed E-state index contributed by atoms with van der Waals surface area (Å²) in [6.45, 7) is 0.647. The lowest BCUT2D eigenvalue weighted by atomic mass is 9.98. The van der Waals surface area contributed by atoms with E-state index in [-0.39, 0.29) is 0 Å². The van der Waals surface area contributed by atoms with Crippen molar-refractivity contribution in [3.8, 4) is 16.9 Å². The molecular weight excluding hydrogens is 272 g/mol. The largest absolute Gasteiger partial charge is 0.497 e. The second kappa shape index (κ2) is 5.82. The SMILES string of the molecule is COc1ccc(-c2ccc(F)cc2F)c(CNC2CC2)c1. The molecule has 1 aliphatic rings. The van der Waals surface area contributed by atoms with Crippen molar-refractivity contribution in [2.75, 3.05) is 7.11 Å². The highest BCUT2D eigenvalue weighted by molar-refractivity contribution is 5.69. The van der Waals surface area contributed by atoms with Gasteiger partial charge in [-0.1, -0.05) is 6.07 Å². The number of hydrogen-bond acceptors (Lipinski definition) is 2. The van der Waals surface area contributed by atoms with Crippen LogP contribution in [0.1, 0.15) is 18.4 Å². The van der Waals surface area contributed by atoms with E-state index in [1.54, 1.807) is 13.2 Å². The fraction of sp³-hybridized carbons (Fsp3) is 0.294. The van der Waals surface area contributed by atoms with E-state index in [0.29, 0.717) is 18.2 Å². The fourth-order valence-corrected chi connectivity index (χ4v) is 2.36. The van der Waals surface area contributed by atoms with Crippen LogP contribution in [0.4, 0.5) is 8.78 Å². The van der Waals surface area contributed by atoms with Crippen molar-refractivity contribution in [1.29, 1.82) is 0 Å². The maximum Gasteiger partial charge on any atom is 0.133 e. The number of ether oxygens (including phenoxy) is 1. The number of nitrogens with one attached hydrogen (secondary N) is 1. The molecule has 0 atom stereocenters. The lowest BCUT2D eigenvalue weighted by Gasteiger charge is -2.13. The third-order valence-corrected chi connectivity index (χ3v) is 3.69. The number of methoxy groups -OCH3 is 1. The lowest BCUT2D eigenvalue weighted by Crippen LogP contribution is -2.16. The van der Waals surface area contributed by atoms with Gasteiger partial charge in [-0.3, -0.25) is 0 Å². The van der Waals surface area contributed by atoms with Gasteiger partial charge in [0.05, 0.1) is 7.11 Å². The molecule has 0 radical (unpaired) electrons. The van der Waals surface area contributed by atoms with Crippen LogP contribution in [0, 0.1) is 11.6 Å². The molecule has 0 spiro atoms. The van der Waals surface area contributed by atoms with Gasteiger partial charge < -0.3 is 10.1 Å². The molecule has 2 aromatic rings. The van der Waals surface area contributed by atoms with Crippen molar-refractivity contribution in [2.45, 2.75) is 25.4 Å². The van der Waals surface area contributed by atoms with Gasteiger partial charge in [-0.05, 0) is 48.2 Å². The number of benzene rings is 2. The highest BCUT2D eigenvalue weighted by atomic mass is 19.1. The Bertz CT molecular complexity index is 653. The van der Waals surface area contributed by atoms with Crippen LogP contribution >= 0.6 is 0 Å². The van der Waals surface area contributed by atoms with Crippen molar-refractivity contribution in [2.24, 2.45) is 0 Å². The van der Waals surface area contributed by atoms with Crippen LogP contribution in [0.3, 0.4) is 0 Å². The maximum absolute atomic E-state index is 14.0. The Hall–Kier alpha value is -1.94. The van der Waals surface area contributed by atoms with E-state index in [1.807, 2.05) is 12.1 Å². The van der Waals surface area contributed by atoms with Crippen molar-refractivity contribution in [3.63, 3.8) is 0 Å². The van der Waals surface area contributed by atoms with Gasteiger partial charge in [-0.15, -0.1) is 0 Å². The summed E-state index contributed by atoms with van der Waals surface area (Å²) in [5.74, 6) is -0.385. The smallest absolute Gasteiger partial charge is 0.133 e. The first-order valence-corrected chi connectivity index (χ1v) is 7.03. The molecule has 0 amide bonds. The molecule has 2 aromatic carbocycles. The molecule has 21 heavy (non-hydrogen) atoms. The number of rotatable bonds is 5. The van der Waals surface area contributed by atoms with E-state index in [0.717, 1.165) is 22.9 Å². The summed E-state index contributed by atoms with van der Waals surface area (Å²) in [7, 11) is 1.60. The van der Waals surface area contributed by atoms with Crippen molar-refractivity contribution in [3.05, 3.63) is 53.6 Å². The first-order valence-electron chi connectivity index (χ1n) is 7.03. The Kier molecular flexibility index (Phi) is 3.88. The third-order valence-electron chi connectivity index (χ3n) is 3.69. The van der Waals surface area contributed by atoms with Gasteiger partial charge in [0, 0.05) is 24.2 Å². The van der Waals surface area contributed by atoms with E-state index in [2.05, 4.69) is 5.32 Å². The predicted octanol–water partition coefficient (Wildman–Crippen LogP) is 3.89. The van der Waals surface area contributed by atoms with Crippen LogP contribution in [0.5, 0.6) is 5.75 Å². The van der Waals surface area contributed by atoms with E-state index in [9.17, 15) is 8.78 Å². The Labute approximate surface area is 122 Å². The average Bonchev–Trinajstić information content (AvgIpc) is 3.29. The van der Waals surface area contributed by atoms with Crippen molar-refractivity contribution >= 4 is 0 Å². The highest BCUT2D eigenvalue weighted by Crippen LogP contribution is 2.30. The zero-order valence-corrected chi connectivity index (χ0v) is 11.8. The molecule has 110 valence electrons. The summed E-state index contributed by atoms with van der Waals surface area (Å²) in [6, 6.07) is 9.73. The molecule has 0 unspecified atom stereocenters. The number of hydrogen-bond donors (Lipinski definition) is 1. The van der Waals surface area contributed by atoms with Gasteiger partial charge in [0.25, 0.3) is 0 Å². The minimum Gasteiger partial charge on any atom is -0.497 e. The van der Waals surface area contributed by atoms with Gasteiger partial charge in [-0.25, -0.2) is 8.78 Å². The molecule has 3 rings (SSSR count). The lowest BCUT2D eigenvalue weighted by molar-refractivity contribution is 0.414. The van der Waals surface area contributed by atoms with Gasteiger partial charge in [0.2, 0.25) is 0 Å². The molecule has 1 aliphatic carbocycles. The van der Waals surface area contributed by atoms with Crippen LogP contribution in [0.25, 0.3) is 11.1 Å². The molecule has 4 heteroatoms. The quantitative estimate of drug-likeness (QED) is 0.901. The summed E-state index contributed by atoms with van der Waals surface area (Å²) in [6.07, 6.45) is 2.37. The van der Waals surface area contributed by atoms with E-state index < -0.39 is 11.6 Å². The summed E-state index contributed by atoms with van der Waals surface area (Å²) in [5.41, 5.74) is 2.12. The predicted molar refractivity (Wildman–Crippen MR) is 78.2 cm³/mol. The topological polar surface area (TPSA) is 21.3 Å². The normalized spacial score (nSPS) is 14.2. The van der Waals surface area contributed by atoms with E-state index in [4.69, 9.17) is 4.74 Å². The molecule has 1 N–H and O–H groups in total. The van der Waals surface area contributed by atoms with Crippen LogP contribution in [0.2, 0.25) is 0 Å². The molecule has 0 saturated heterocycles. The molecule has 2 nitrogen and oxygen atoms in total. The van der Waals surface area contributed by atoms with Gasteiger partial charge in [-0.2, -0.15) is 0 Å². The first kappa shape index (κ1) is 14.0. The van der Waals surface area contributed by atoms with E-state index >= 15 is 0 Å². The summed E-state index contributed by atoms with van der Waals surface area (Å²) < 4.78 is 32.3.